The third kappa shape index (κ3) is 5.47. The van der Waals surface area contributed by atoms with Crippen LogP contribution in [0.3, 0.4) is 0 Å². The third-order valence-corrected chi connectivity index (χ3v) is 6.64. The van der Waals surface area contributed by atoms with E-state index in [-0.39, 0.29) is 39.9 Å². The normalized spacial score (nSPS) is 11.9. The van der Waals surface area contributed by atoms with Crippen LogP contribution < -0.4 is 10.1 Å². The van der Waals surface area contributed by atoms with Gasteiger partial charge in [0.1, 0.15) is 11.5 Å². The van der Waals surface area contributed by atoms with E-state index in [2.05, 4.69) is 31.2 Å². The molecule has 0 spiro atoms. The van der Waals surface area contributed by atoms with Gasteiger partial charge < -0.3 is 15.2 Å². The Morgan fingerprint density at radius 2 is 1.81 bits per heavy atom. The molecule has 0 saturated carbocycles. The van der Waals surface area contributed by atoms with E-state index in [0.29, 0.717) is 5.75 Å². The molecule has 2 aromatic carbocycles. The molecule has 0 fully saturated rings. The predicted octanol–water partition coefficient (Wildman–Crippen LogP) is 3.97. The highest BCUT2D eigenvalue weighted by Gasteiger charge is 2.17. The van der Waals surface area contributed by atoms with Gasteiger partial charge in [-0.15, -0.1) is 0 Å². The Morgan fingerprint density at radius 1 is 1.12 bits per heavy atom. The summed E-state index contributed by atoms with van der Waals surface area (Å²) in [4.78, 5) is 12.5. The van der Waals surface area contributed by atoms with Crippen LogP contribution in [-0.2, 0) is 22.0 Å². The maximum absolute atomic E-state index is 12.5. The first-order valence-corrected chi connectivity index (χ1v) is 11.8. The van der Waals surface area contributed by atoms with Crippen LogP contribution in [0.4, 0.5) is 5.69 Å². The highest BCUT2D eigenvalue weighted by atomic mass is 32.2. The maximum Gasteiger partial charge on any atom is 0.276 e. The number of aromatic hydroxyl groups is 1. The number of nitrogens with zero attached hydrogens (tertiary/aromatic N) is 2. The van der Waals surface area contributed by atoms with E-state index in [9.17, 15) is 18.3 Å². The summed E-state index contributed by atoms with van der Waals surface area (Å²) in [5.41, 5.74) is 1.34. The first-order valence-electron chi connectivity index (χ1n) is 10.1. The Kier molecular flexibility index (Phi) is 6.59. The standard InChI is InChI=1S/C23H27N3O5S/c1-5-32(29,30)18-10-11-21(27)20(14-18)24-22(28)19-12-13-26(25-19)15-31-17-8-6-16(7-9-17)23(2,3)4/h6-14,27H,5,15H2,1-4H3,(H,24,28). The van der Waals surface area contributed by atoms with Gasteiger partial charge in [-0.3, -0.25) is 4.79 Å². The molecular formula is C23H27N3O5S. The van der Waals surface area contributed by atoms with E-state index in [1.165, 1.54) is 41.4 Å². The quantitative estimate of drug-likeness (QED) is 0.520. The minimum Gasteiger partial charge on any atom is -0.506 e. The Morgan fingerprint density at radius 3 is 2.44 bits per heavy atom. The van der Waals surface area contributed by atoms with Crippen molar-refractivity contribution in [2.45, 2.75) is 44.7 Å². The van der Waals surface area contributed by atoms with Gasteiger partial charge in [0.2, 0.25) is 0 Å². The maximum atomic E-state index is 12.5. The third-order valence-electron chi connectivity index (χ3n) is 4.91. The van der Waals surface area contributed by atoms with Crippen molar-refractivity contribution in [2.24, 2.45) is 0 Å². The second kappa shape index (κ2) is 9.04. The van der Waals surface area contributed by atoms with Gasteiger partial charge >= 0.3 is 0 Å². The average Bonchev–Trinajstić information content (AvgIpc) is 3.22. The van der Waals surface area contributed by atoms with Crippen LogP contribution in [-0.4, -0.2) is 35.0 Å². The molecule has 8 nitrogen and oxygen atoms in total. The molecule has 0 atom stereocenters. The van der Waals surface area contributed by atoms with Crippen molar-refractivity contribution >= 4 is 21.4 Å². The summed E-state index contributed by atoms with van der Waals surface area (Å²) in [6.45, 7) is 8.04. The van der Waals surface area contributed by atoms with Gasteiger partial charge in [0.25, 0.3) is 5.91 Å². The highest BCUT2D eigenvalue weighted by Crippen LogP contribution is 2.27. The second-order valence-electron chi connectivity index (χ2n) is 8.32. The summed E-state index contributed by atoms with van der Waals surface area (Å²) in [6.07, 6.45) is 1.59. The average molecular weight is 458 g/mol. The van der Waals surface area contributed by atoms with E-state index >= 15 is 0 Å². The summed E-state index contributed by atoms with van der Waals surface area (Å²) < 4.78 is 31.3. The topological polar surface area (TPSA) is 111 Å². The van der Waals surface area contributed by atoms with Gasteiger partial charge in [0, 0.05) is 6.20 Å². The number of hydrogen-bond donors (Lipinski definition) is 2. The van der Waals surface area contributed by atoms with Gasteiger partial charge in [-0.05, 0) is 47.4 Å². The largest absolute Gasteiger partial charge is 0.506 e. The lowest BCUT2D eigenvalue weighted by Crippen LogP contribution is -2.15. The molecule has 3 aromatic rings. The molecule has 0 aliphatic rings. The Labute approximate surface area is 187 Å². The lowest BCUT2D eigenvalue weighted by Gasteiger charge is -2.19. The van der Waals surface area contributed by atoms with Crippen molar-refractivity contribution in [3.8, 4) is 11.5 Å². The van der Waals surface area contributed by atoms with Crippen molar-refractivity contribution < 1.29 is 23.1 Å². The van der Waals surface area contributed by atoms with Crippen molar-refractivity contribution in [3.05, 3.63) is 66.0 Å². The zero-order valence-electron chi connectivity index (χ0n) is 18.5. The SMILES string of the molecule is CCS(=O)(=O)c1ccc(O)c(NC(=O)c2ccn(COc3ccc(C(C)(C)C)cc3)n2)c1. The van der Waals surface area contributed by atoms with E-state index in [4.69, 9.17) is 4.74 Å². The number of aromatic nitrogens is 2. The van der Waals surface area contributed by atoms with Gasteiger partial charge in [-0.1, -0.05) is 39.8 Å². The van der Waals surface area contributed by atoms with Crippen molar-refractivity contribution in [3.63, 3.8) is 0 Å². The number of carbonyl (C=O) groups excluding carboxylic acids is 1. The molecule has 1 amide bonds. The Balaban J connectivity index is 1.66. The number of carbonyl (C=O) groups is 1. The fraction of sp³-hybridized carbons (Fsp3) is 0.304. The molecular weight excluding hydrogens is 430 g/mol. The molecule has 0 aliphatic heterocycles. The van der Waals surface area contributed by atoms with E-state index in [1.807, 2.05) is 24.3 Å². The van der Waals surface area contributed by atoms with E-state index in [0.717, 1.165) is 0 Å². The summed E-state index contributed by atoms with van der Waals surface area (Å²) in [7, 11) is -3.48. The van der Waals surface area contributed by atoms with Gasteiger partial charge in [-0.2, -0.15) is 5.10 Å². The molecule has 1 heterocycles. The number of anilines is 1. The molecule has 0 unspecified atom stereocenters. The highest BCUT2D eigenvalue weighted by molar-refractivity contribution is 7.91. The van der Waals surface area contributed by atoms with Crippen LogP contribution in [0.25, 0.3) is 0 Å². The summed E-state index contributed by atoms with van der Waals surface area (Å²) in [5.74, 6) is -0.234. The Bertz CT molecular complexity index is 1210. The number of sulfone groups is 1. The number of hydrogen-bond acceptors (Lipinski definition) is 6. The molecule has 9 heteroatoms. The fourth-order valence-electron chi connectivity index (χ4n) is 2.91. The van der Waals surface area contributed by atoms with Crippen LogP contribution in [0, 0.1) is 0 Å². The molecule has 1 aromatic heterocycles. The number of phenols is 1. The van der Waals surface area contributed by atoms with Crippen LogP contribution in [0.15, 0.2) is 59.6 Å². The smallest absolute Gasteiger partial charge is 0.276 e. The van der Waals surface area contributed by atoms with E-state index in [1.54, 1.807) is 6.20 Å². The van der Waals surface area contributed by atoms with Gasteiger partial charge in [0.15, 0.2) is 22.3 Å². The first-order chi connectivity index (χ1) is 15.0. The zero-order chi connectivity index (χ0) is 23.5. The minimum atomic E-state index is -3.48. The number of nitrogens with one attached hydrogen (secondary N) is 1. The molecule has 2 N–H and O–H groups in total. The first kappa shape index (κ1) is 23.3. The number of amides is 1. The monoisotopic (exact) mass is 457 g/mol. The number of ether oxygens (including phenoxy) is 1. The van der Waals surface area contributed by atoms with Crippen LogP contribution in [0.5, 0.6) is 11.5 Å². The molecule has 0 bridgehead atoms. The van der Waals surface area contributed by atoms with Crippen LogP contribution in [0.1, 0.15) is 43.7 Å². The van der Waals surface area contributed by atoms with Gasteiger partial charge in [-0.25, -0.2) is 13.1 Å². The van der Waals surface area contributed by atoms with Crippen molar-refractivity contribution in [1.29, 1.82) is 0 Å². The molecule has 3 rings (SSSR count). The number of phenolic OH excluding ortho intramolecular Hbond substituents is 1. The van der Waals surface area contributed by atoms with Crippen molar-refractivity contribution in [1.82, 2.24) is 9.78 Å². The van der Waals surface area contributed by atoms with E-state index < -0.39 is 15.7 Å². The predicted molar refractivity (Wildman–Crippen MR) is 122 cm³/mol. The Hall–Kier alpha value is -3.33. The molecule has 0 radical (unpaired) electrons. The second-order valence-corrected chi connectivity index (χ2v) is 10.6. The molecule has 170 valence electrons. The van der Waals surface area contributed by atoms with Crippen LogP contribution in [0.2, 0.25) is 0 Å². The fourth-order valence-corrected chi connectivity index (χ4v) is 3.81. The summed E-state index contributed by atoms with van der Waals surface area (Å²) >= 11 is 0. The molecule has 32 heavy (non-hydrogen) atoms. The number of benzene rings is 2. The summed E-state index contributed by atoms with van der Waals surface area (Å²) in [6, 6.07) is 13.1. The lowest BCUT2D eigenvalue weighted by atomic mass is 9.87. The van der Waals surface area contributed by atoms with Gasteiger partial charge in [0.05, 0.1) is 16.3 Å². The molecule has 0 aliphatic carbocycles. The number of rotatable bonds is 7. The van der Waals surface area contributed by atoms with Crippen LogP contribution >= 0.6 is 0 Å². The molecule has 0 saturated heterocycles. The summed E-state index contributed by atoms with van der Waals surface area (Å²) in [5, 5.41) is 16.7. The lowest BCUT2D eigenvalue weighted by molar-refractivity contribution is 0.101. The minimum absolute atomic E-state index is 0.00531. The van der Waals surface area contributed by atoms with Crippen molar-refractivity contribution in [2.75, 3.05) is 11.1 Å². The zero-order valence-corrected chi connectivity index (χ0v) is 19.3.